The molecule has 0 aromatic heterocycles. The fraction of sp³-hybridized carbons (Fsp3) is 0.868. The van der Waals surface area contributed by atoms with Gasteiger partial charge in [-0.3, -0.25) is 4.79 Å². The Labute approximate surface area is 499 Å². The molecule has 0 saturated carbocycles. The zero-order chi connectivity index (χ0) is 59.5. The standard InChI is InChI=1S/C68H125NO13/c1-3-5-7-9-11-13-15-17-19-21-22-23-24-25-26-27-28-29-30-31-32-33-34-36-37-39-41-43-45-47-49-51-57(72)56(69-60(73)52-50-48-46-44-42-40-38-35-20-18-16-14-12-10-8-6-4-2)55-79-67-65(78)63(76)66(59(54-71)81-67)82-68-64(77)62(75)61(74)58(53-70)80-68/h18,20,34,36,41,43,49,51,56-59,61-68,70-72,74-78H,3-17,19,21-33,35,37-40,42,44-48,50,52-55H2,1-2H3,(H,69,73)/b20-18-,36-34+,43-41+,51-49+. The third kappa shape index (κ3) is 37.5. The quantitative estimate of drug-likeness (QED) is 0.0204. The molecule has 1 amide bonds. The summed E-state index contributed by atoms with van der Waals surface area (Å²) in [5, 5.41) is 87.2. The zero-order valence-electron chi connectivity index (χ0n) is 52.0. The summed E-state index contributed by atoms with van der Waals surface area (Å²) < 4.78 is 22.8. The first-order chi connectivity index (χ1) is 40.1. The van der Waals surface area contributed by atoms with E-state index in [-0.39, 0.29) is 18.9 Å². The summed E-state index contributed by atoms with van der Waals surface area (Å²) in [7, 11) is 0. The SMILES string of the molecule is CCCCCCCC/C=C\CCCCCCCCCC(=O)NC(COC1OC(CO)C(OC2OC(CO)C(O)C(O)C2O)C(O)C1O)C(O)/C=C/CC/C=C/CC/C=C/CCCCCCCCCCCCCCCCCCCCCCC. The van der Waals surface area contributed by atoms with Gasteiger partial charge >= 0.3 is 0 Å². The summed E-state index contributed by atoms with van der Waals surface area (Å²) in [4.78, 5) is 13.3. The Morgan fingerprint density at radius 3 is 1.20 bits per heavy atom. The number of allylic oxidation sites excluding steroid dienone is 7. The molecule has 0 bridgehead atoms. The average Bonchev–Trinajstić information content (AvgIpc) is 3.49. The number of rotatable bonds is 55. The average molecular weight is 1160 g/mol. The van der Waals surface area contributed by atoms with Crippen molar-refractivity contribution in [1.29, 1.82) is 0 Å². The zero-order valence-corrected chi connectivity index (χ0v) is 52.0. The lowest BCUT2D eigenvalue weighted by Crippen LogP contribution is -2.65. The van der Waals surface area contributed by atoms with Gasteiger partial charge in [-0.15, -0.1) is 0 Å². The Hall–Kier alpha value is -2.05. The summed E-state index contributed by atoms with van der Waals surface area (Å²) in [5.41, 5.74) is 0. The first-order valence-corrected chi connectivity index (χ1v) is 33.9. The largest absolute Gasteiger partial charge is 0.394 e. The normalized spacial score (nSPS) is 24.2. The topological polar surface area (TPSA) is 228 Å². The summed E-state index contributed by atoms with van der Waals surface area (Å²) in [6.07, 6.45) is 51.8. The van der Waals surface area contributed by atoms with Crippen LogP contribution in [0.5, 0.6) is 0 Å². The van der Waals surface area contributed by atoms with Crippen LogP contribution < -0.4 is 5.32 Å². The van der Waals surface area contributed by atoms with E-state index in [1.54, 1.807) is 6.08 Å². The number of aliphatic hydroxyl groups is 8. The number of nitrogens with one attached hydrogen (secondary N) is 1. The molecule has 0 spiro atoms. The molecule has 2 aliphatic heterocycles. The molecule has 12 unspecified atom stereocenters. The lowest BCUT2D eigenvalue weighted by molar-refractivity contribution is -0.359. The summed E-state index contributed by atoms with van der Waals surface area (Å²) in [5.74, 6) is -0.256. The third-order valence-electron chi connectivity index (χ3n) is 16.5. The van der Waals surface area contributed by atoms with E-state index in [4.69, 9.17) is 18.9 Å². The first kappa shape index (κ1) is 76.0. The van der Waals surface area contributed by atoms with Gasteiger partial charge in [0.25, 0.3) is 0 Å². The van der Waals surface area contributed by atoms with Gasteiger partial charge < -0.3 is 65.1 Å². The molecule has 0 aliphatic carbocycles. The highest BCUT2D eigenvalue weighted by molar-refractivity contribution is 5.76. The molecule has 9 N–H and O–H groups in total. The van der Waals surface area contributed by atoms with E-state index in [0.29, 0.717) is 12.8 Å². The molecule has 2 fully saturated rings. The lowest BCUT2D eigenvalue weighted by atomic mass is 9.97. The number of hydrogen-bond donors (Lipinski definition) is 9. The summed E-state index contributed by atoms with van der Waals surface area (Å²) in [6, 6.07) is -0.942. The van der Waals surface area contributed by atoms with Crippen molar-refractivity contribution in [2.45, 2.75) is 357 Å². The van der Waals surface area contributed by atoms with Crippen LogP contribution in [0.25, 0.3) is 0 Å². The number of aliphatic hydroxyl groups excluding tert-OH is 8. The van der Waals surface area contributed by atoms with Crippen molar-refractivity contribution in [3.05, 3.63) is 48.6 Å². The van der Waals surface area contributed by atoms with Gasteiger partial charge in [-0.25, -0.2) is 0 Å². The van der Waals surface area contributed by atoms with Gasteiger partial charge in [0.15, 0.2) is 12.6 Å². The van der Waals surface area contributed by atoms with E-state index in [2.05, 4.69) is 55.6 Å². The number of ether oxygens (including phenoxy) is 4. The highest BCUT2D eigenvalue weighted by atomic mass is 16.7. The molecule has 82 heavy (non-hydrogen) atoms. The van der Waals surface area contributed by atoms with Crippen molar-refractivity contribution >= 4 is 5.91 Å². The minimum Gasteiger partial charge on any atom is -0.394 e. The molecule has 14 nitrogen and oxygen atoms in total. The van der Waals surface area contributed by atoms with Crippen molar-refractivity contribution in [1.82, 2.24) is 5.32 Å². The van der Waals surface area contributed by atoms with Gasteiger partial charge in [0, 0.05) is 6.42 Å². The van der Waals surface area contributed by atoms with E-state index >= 15 is 0 Å². The Kier molecular flexibility index (Phi) is 49.3. The highest BCUT2D eigenvalue weighted by Crippen LogP contribution is 2.30. The predicted molar refractivity (Wildman–Crippen MR) is 332 cm³/mol. The summed E-state index contributed by atoms with van der Waals surface area (Å²) in [6.45, 7) is 2.79. The van der Waals surface area contributed by atoms with E-state index in [0.717, 1.165) is 51.4 Å². The second-order valence-corrected chi connectivity index (χ2v) is 23.9. The minimum atomic E-state index is -1.79. The van der Waals surface area contributed by atoms with Crippen molar-refractivity contribution in [2.24, 2.45) is 0 Å². The maximum atomic E-state index is 13.3. The number of unbranched alkanes of at least 4 members (excludes halogenated alkanes) is 36. The smallest absolute Gasteiger partial charge is 0.220 e. The highest BCUT2D eigenvalue weighted by Gasteiger charge is 2.51. The van der Waals surface area contributed by atoms with E-state index in [1.807, 2.05) is 6.08 Å². The predicted octanol–water partition coefficient (Wildman–Crippen LogP) is 13.1. The molecule has 14 heteroatoms. The van der Waals surface area contributed by atoms with Gasteiger partial charge in [-0.05, 0) is 70.6 Å². The van der Waals surface area contributed by atoms with Crippen molar-refractivity contribution in [2.75, 3.05) is 19.8 Å². The Bertz CT molecular complexity index is 1560. The summed E-state index contributed by atoms with van der Waals surface area (Å²) >= 11 is 0. The molecule has 480 valence electrons. The third-order valence-corrected chi connectivity index (χ3v) is 16.5. The molecule has 0 aromatic carbocycles. The minimum absolute atomic E-state index is 0.256. The molecule has 2 saturated heterocycles. The number of amides is 1. The fourth-order valence-corrected chi connectivity index (χ4v) is 11.0. The van der Waals surface area contributed by atoms with Crippen LogP contribution >= 0.6 is 0 Å². The van der Waals surface area contributed by atoms with Gasteiger partial charge in [0.2, 0.25) is 5.91 Å². The molecule has 2 aliphatic rings. The van der Waals surface area contributed by atoms with Crippen molar-refractivity contribution < 1.29 is 64.6 Å². The molecular weight excluding hydrogens is 1040 g/mol. The van der Waals surface area contributed by atoms with E-state index in [1.165, 1.54) is 199 Å². The van der Waals surface area contributed by atoms with Gasteiger partial charge in [-0.1, -0.05) is 255 Å². The van der Waals surface area contributed by atoms with Crippen molar-refractivity contribution in [3.63, 3.8) is 0 Å². The molecule has 2 heterocycles. The Morgan fingerprint density at radius 1 is 0.427 bits per heavy atom. The molecule has 0 radical (unpaired) electrons. The second kappa shape index (κ2) is 53.2. The number of carbonyl (C=O) groups is 1. The van der Waals surface area contributed by atoms with Crippen LogP contribution in [-0.2, 0) is 23.7 Å². The molecule has 12 atom stereocenters. The van der Waals surface area contributed by atoms with Crippen molar-refractivity contribution in [3.8, 4) is 0 Å². The van der Waals surface area contributed by atoms with Crippen LogP contribution in [0, 0.1) is 0 Å². The monoisotopic (exact) mass is 1160 g/mol. The molecule has 0 aromatic rings. The molecule has 2 rings (SSSR count). The lowest BCUT2D eigenvalue weighted by Gasteiger charge is -2.46. The first-order valence-electron chi connectivity index (χ1n) is 33.9. The maximum absolute atomic E-state index is 13.3. The Balaban J connectivity index is 1.70. The van der Waals surface area contributed by atoms with Crippen LogP contribution in [0.4, 0.5) is 0 Å². The van der Waals surface area contributed by atoms with Crippen LogP contribution in [0.2, 0.25) is 0 Å². The van der Waals surface area contributed by atoms with Crippen LogP contribution in [0.15, 0.2) is 48.6 Å². The number of carbonyl (C=O) groups excluding carboxylic acids is 1. The Morgan fingerprint density at radius 2 is 0.780 bits per heavy atom. The molecular formula is C68H125NO13. The van der Waals surface area contributed by atoms with Crippen LogP contribution in [0.3, 0.4) is 0 Å². The van der Waals surface area contributed by atoms with Gasteiger partial charge in [-0.2, -0.15) is 0 Å². The maximum Gasteiger partial charge on any atom is 0.220 e. The van der Waals surface area contributed by atoms with Gasteiger partial charge in [0.1, 0.15) is 48.8 Å². The fourth-order valence-electron chi connectivity index (χ4n) is 11.0. The van der Waals surface area contributed by atoms with Crippen LogP contribution in [0.1, 0.15) is 284 Å². The second-order valence-electron chi connectivity index (χ2n) is 23.9. The van der Waals surface area contributed by atoms with Gasteiger partial charge in [0.05, 0.1) is 32.0 Å². The van der Waals surface area contributed by atoms with Crippen LogP contribution in [-0.4, -0.2) is 140 Å². The number of hydrogen-bond acceptors (Lipinski definition) is 13. The van der Waals surface area contributed by atoms with E-state index < -0.39 is 86.8 Å². The van der Waals surface area contributed by atoms with E-state index in [9.17, 15) is 45.6 Å².